The van der Waals surface area contributed by atoms with Gasteiger partial charge in [-0.3, -0.25) is 4.79 Å². The third kappa shape index (κ3) is 12.9. The molecule has 30 heavy (non-hydrogen) atoms. The van der Waals surface area contributed by atoms with Crippen LogP contribution in [0.3, 0.4) is 0 Å². The van der Waals surface area contributed by atoms with E-state index in [0.29, 0.717) is 18.7 Å². The number of methoxy groups -OCH3 is 1. The molecule has 166 valence electrons. The Labute approximate surface area is 182 Å². The molecule has 2 N–H and O–H groups in total. The fourth-order valence-corrected chi connectivity index (χ4v) is 2.96. The molecule has 0 saturated heterocycles. The first kappa shape index (κ1) is 25.5. The molecule has 0 aliphatic heterocycles. The van der Waals surface area contributed by atoms with Gasteiger partial charge in [0.1, 0.15) is 0 Å². The molecule has 1 aromatic carbocycles. The third-order valence-corrected chi connectivity index (χ3v) is 4.78. The number of carbonyl (C=O) groups is 1. The summed E-state index contributed by atoms with van der Waals surface area (Å²) in [6.07, 6.45) is 23.9. The number of ether oxygens (including phenoxy) is 1. The van der Waals surface area contributed by atoms with Gasteiger partial charge >= 0.3 is 0 Å². The summed E-state index contributed by atoms with van der Waals surface area (Å²) in [6, 6.07) is 5.09. The lowest BCUT2D eigenvalue weighted by atomic mass is 10.1. The van der Waals surface area contributed by atoms with E-state index in [1.165, 1.54) is 32.8 Å². The Morgan fingerprint density at radius 2 is 1.60 bits per heavy atom. The van der Waals surface area contributed by atoms with E-state index in [-0.39, 0.29) is 11.7 Å². The molecule has 4 heteroatoms. The predicted octanol–water partition coefficient (Wildman–Crippen LogP) is 6.61. The molecular weight excluding hydrogens is 374 g/mol. The van der Waals surface area contributed by atoms with E-state index in [1.54, 1.807) is 18.2 Å². The van der Waals surface area contributed by atoms with Crippen LogP contribution in [0.2, 0.25) is 0 Å². The minimum absolute atomic E-state index is 0.0525. The highest BCUT2D eigenvalue weighted by atomic mass is 16.5. The normalized spacial score (nSPS) is 11.7. The second kappa shape index (κ2) is 17.4. The Morgan fingerprint density at radius 1 is 0.967 bits per heavy atom. The largest absolute Gasteiger partial charge is 0.504 e. The van der Waals surface area contributed by atoms with E-state index in [0.717, 1.165) is 37.7 Å². The molecule has 0 aliphatic rings. The smallest absolute Gasteiger partial charge is 0.220 e. The number of benzene rings is 1. The van der Waals surface area contributed by atoms with E-state index in [9.17, 15) is 9.90 Å². The van der Waals surface area contributed by atoms with Crippen LogP contribution < -0.4 is 10.1 Å². The van der Waals surface area contributed by atoms with Gasteiger partial charge in [-0.25, -0.2) is 0 Å². The van der Waals surface area contributed by atoms with Gasteiger partial charge in [-0.2, -0.15) is 0 Å². The van der Waals surface area contributed by atoms with Gasteiger partial charge < -0.3 is 15.2 Å². The number of phenols is 1. The second-order valence-corrected chi connectivity index (χ2v) is 7.41. The van der Waals surface area contributed by atoms with Crippen molar-refractivity contribution in [3.8, 4) is 11.5 Å². The third-order valence-electron chi connectivity index (χ3n) is 4.78. The molecule has 0 fully saturated rings. The maximum Gasteiger partial charge on any atom is 0.220 e. The van der Waals surface area contributed by atoms with Crippen molar-refractivity contribution in [1.82, 2.24) is 5.32 Å². The van der Waals surface area contributed by atoms with Gasteiger partial charge in [0, 0.05) is 13.0 Å². The molecule has 0 aromatic heterocycles. The second-order valence-electron chi connectivity index (χ2n) is 7.41. The van der Waals surface area contributed by atoms with Crippen LogP contribution in [0.1, 0.15) is 76.7 Å². The first-order valence-electron chi connectivity index (χ1n) is 11.2. The number of hydrogen-bond donors (Lipinski definition) is 2. The molecule has 0 unspecified atom stereocenters. The first-order chi connectivity index (χ1) is 14.7. The van der Waals surface area contributed by atoms with Gasteiger partial charge in [0.2, 0.25) is 5.91 Å². The van der Waals surface area contributed by atoms with Crippen LogP contribution in [-0.2, 0) is 11.3 Å². The average molecular weight is 414 g/mol. The van der Waals surface area contributed by atoms with Crippen molar-refractivity contribution >= 4 is 5.91 Å². The average Bonchev–Trinajstić information content (AvgIpc) is 2.75. The number of unbranched alkanes of at least 4 members (excludes halogenated alkanes) is 5. The van der Waals surface area contributed by atoms with Crippen molar-refractivity contribution in [2.75, 3.05) is 7.11 Å². The van der Waals surface area contributed by atoms with Crippen LogP contribution in [0.4, 0.5) is 0 Å². The molecule has 1 rings (SSSR count). The fourth-order valence-electron chi connectivity index (χ4n) is 2.96. The van der Waals surface area contributed by atoms with Crippen molar-refractivity contribution in [2.45, 2.75) is 77.7 Å². The van der Waals surface area contributed by atoms with E-state index in [1.807, 2.05) is 0 Å². The number of amides is 1. The number of allylic oxidation sites excluding steroid dienone is 6. The summed E-state index contributed by atoms with van der Waals surface area (Å²) in [4.78, 5) is 11.9. The number of aromatic hydroxyl groups is 1. The molecule has 1 aromatic rings. The van der Waals surface area contributed by atoms with E-state index in [4.69, 9.17) is 4.74 Å². The molecule has 0 bridgehead atoms. The highest BCUT2D eigenvalue weighted by Gasteiger charge is 2.04. The van der Waals surface area contributed by atoms with Crippen LogP contribution in [0.25, 0.3) is 0 Å². The molecule has 4 nitrogen and oxygen atoms in total. The zero-order chi connectivity index (χ0) is 21.9. The Morgan fingerprint density at radius 3 is 2.23 bits per heavy atom. The number of hydrogen-bond acceptors (Lipinski definition) is 3. The molecule has 0 saturated carbocycles. The van der Waals surface area contributed by atoms with Crippen LogP contribution >= 0.6 is 0 Å². The molecule has 1 amide bonds. The van der Waals surface area contributed by atoms with E-state index < -0.39 is 0 Å². The van der Waals surface area contributed by atoms with E-state index >= 15 is 0 Å². The van der Waals surface area contributed by atoms with Crippen LogP contribution in [0.15, 0.2) is 54.7 Å². The fraction of sp³-hybridized carbons (Fsp3) is 0.500. The molecule has 0 radical (unpaired) electrons. The lowest BCUT2D eigenvalue weighted by Crippen LogP contribution is -2.22. The Balaban J connectivity index is 2.02. The van der Waals surface area contributed by atoms with Gasteiger partial charge in [-0.05, 0) is 62.6 Å². The number of rotatable bonds is 16. The standard InChI is InChI=1S/C26H39NO3/c1-3-4-5-6-7-8-9-10-11-12-13-14-15-16-17-18-26(29)27-22-23-19-20-24(28)25(21-23)30-2/h7-8,10-11,13-14,19-21,28H,3-6,9,12,15-18,22H2,1-2H3,(H,27,29)/b8-7-,11-10-,14-13-. The minimum Gasteiger partial charge on any atom is -0.504 e. The van der Waals surface area contributed by atoms with Gasteiger partial charge in [0.05, 0.1) is 7.11 Å². The summed E-state index contributed by atoms with van der Waals surface area (Å²) in [5, 5.41) is 12.5. The van der Waals surface area contributed by atoms with Crippen LogP contribution in [0.5, 0.6) is 11.5 Å². The summed E-state index contributed by atoms with van der Waals surface area (Å²) >= 11 is 0. The maximum atomic E-state index is 11.9. The Kier molecular flexibility index (Phi) is 14.8. The predicted molar refractivity (Wildman–Crippen MR) is 126 cm³/mol. The summed E-state index contributed by atoms with van der Waals surface area (Å²) in [5.41, 5.74) is 0.904. The van der Waals surface area contributed by atoms with Crippen LogP contribution in [-0.4, -0.2) is 18.1 Å². The summed E-state index contributed by atoms with van der Waals surface area (Å²) in [5.74, 6) is 0.574. The van der Waals surface area contributed by atoms with Crippen molar-refractivity contribution < 1.29 is 14.6 Å². The maximum absolute atomic E-state index is 11.9. The highest BCUT2D eigenvalue weighted by Crippen LogP contribution is 2.26. The van der Waals surface area contributed by atoms with Crippen LogP contribution in [0, 0.1) is 0 Å². The van der Waals surface area contributed by atoms with Gasteiger partial charge in [0.15, 0.2) is 11.5 Å². The lowest BCUT2D eigenvalue weighted by molar-refractivity contribution is -0.121. The zero-order valence-electron chi connectivity index (χ0n) is 18.7. The Bertz CT molecular complexity index is 677. The minimum atomic E-state index is 0.0525. The van der Waals surface area contributed by atoms with Crippen molar-refractivity contribution in [2.24, 2.45) is 0 Å². The number of phenolic OH excluding ortho intramolecular Hbond substituents is 1. The lowest BCUT2D eigenvalue weighted by Gasteiger charge is -2.08. The summed E-state index contributed by atoms with van der Waals surface area (Å²) in [6.45, 7) is 2.67. The monoisotopic (exact) mass is 413 g/mol. The van der Waals surface area contributed by atoms with E-state index in [2.05, 4.69) is 48.7 Å². The molecule has 0 aliphatic carbocycles. The highest BCUT2D eigenvalue weighted by molar-refractivity contribution is 5.75. The topological polar surface area (TPSA) is 58.6 Å². The zero-order valence-corrected chi connectivity index (χ0v) is 18.7. The van der Waals surface area contributed by atoms with Crippen molar-refractivity contribution in [3.05, 3.63) is 60.2 Å². The first-order valence-corrected chi connectivity index (χ1v) is 11.2. The molecule has 0 atom stereocenters. The molecule has 0 heterocycles. The van der Waals surface area contributed by atoms with Crippen molar-refractivity contribution in [1.29, 1.82) is 0 Å². The SMILES string of the molecule is CCCCC/C=C\C/C=C\C/C=C\CCCCC(=O)NCc1ccc(O)c(OC)c1. The molecular formula is C26H39NO3. The van der Waals surface area contributed by atoms with Gasteiger partial charge in [-0.1, -0.05) is 62.3 Å². The summed E-state index contributed by atoms with van der Waals surface area (Å²) < 4.78 is 5.08. The van der Waals surface area contributed by atoms with Gasteiger partial charge in [-0.15, -0.1) is 0 Å². The van der Waals surface area contributed by atoms with Crippen molar-refractivity contribution in [3.63, 3.8) is 0 Å². The quantitative estimate of drug-likeness (QED) is 0.237. The van der Waals surface area contributed by atoms with Gasteiger partial charge in [0.25, 0.3) is 0 Å². The number of nitrogens with one attached hydrogen (secondary N) is 1. The number of carbonyl (C=O) groups excluding carboxylic acids is 1. The summed E-state index contributed by atoms with van der Waals surface area (Å²) in [7, 11) is 1.51. The Hall–Kier alpha value is -2.49. The molecule has 0 spiro atoms.